The van der Waals surface area contributed by atoms with Crippen molar-refractivity contribution in [3.8, 4) is 0 Å². The molecule has 1 aromatic carbocycles. The molecular formula is C13H16F3NO. The van der Waals surface area contributed by atoms with Crippen LogP contribution in [0.25, 0.3) is 0 Å². The van der Waals surface area contributed by atoms with Gasteiger partial charge in [-0.3, -0.25) is 0 Å². The monoisotopic (exact) mass is 259 g/mol. The van der Waals surface area contributed by atoms with Crippen LogP contribution in [0.1, 0.15) is 24.0 Å². The quantitative estimate of drug-likeness (QED) is 0.901. The number of hydrogen-bond acceptors (Lipinski definition) is 2. The smallest absolute Gasteiger partial charge is 0.381 e. The van der Waals surface area contributed by atoms with Crippen molar-refractivity contribution in [1.82, 2.24) is 5.32 Å². The highest BCUT2D eigenvalue weighted by atomic mass is 19.4. The number of ether oxygens (including phenoxy) is 1. The first-order chi connectivity index (χ1) is 8.57. The normalized spacial score (nSPS) is 17.9. The van der Waals surface area contributed by atoms with Crippen LogP contribution in [0.5, 0.6) is 0 Å². The van der Waals surface area contributed by atoms with Crippen LogP contribution in [-0.4, -0.2) is 19.3 Å². The van der Waals surface area contributed by atoms with Crippen LogP contribution >= 0.6 is 0 Å². The summed E-state index contributed by atoms with van der Waals surface area (Å²) in [5.74, 6) is 0. The summed E-state index contributed by atoms with van der Waals surface area (Å²) in [5.41, 5.74) is -0.249. The molecule has 1 fully saturated rings. The van der Waals surface area contributed by atoms with E-state index in [-0.39, 0.29) is 12.6 Å². The van der Waals surface area contributed by atoms with E-state index in [4.69, 9.17) is 4.74 Å². The van der Waals surface area contributed by atoms with E-state index >= 15 is 0 Å². The van der Waals surface area contributed by atoms with Gasteiger partial charge in [-0.05, 0) is 24.5 Å². The van der Waals surface area contributed by atoms with Crippen molar-refractivity contribution in [2.45, 2.75) is 31.6 Å². The Kier molecular flexibility index (Phi) is 4.24. The number of hydrogen-bond donors (Lipinski definition) is 1. The number of nitrogens with one attached hydrogen (secondary N) is 1. The van der Waals surface area contributed by atoms with Gasteiger partial charge in [0.25, 0.3) is 0 Å². The zero-order valence-electron chi connectivity index (χ0n) is 9.96. The first-order valence-corrected chi connectivity index (χ1v) is 6.03. The molecule has 18 heavy (non-hydrogen) atoms. The van der Waals surface area contributed by atoms with Crippen molar-refractivity contribution in [2.24, 2.45) is 0 Å². The molecule has 1 heterocycles. The molecule has 0 amide bonds. The van der Waals surface area contributed by atoms with Gasteiger partial charge in [0.1, 0.15) is 0 Å². The van der Waals surface area contributed by atoms with E-state index in [9.17, 15) is 13.2 Å². The highest BCUT2D eigenvalue weighted by molar-refractivity contribution is 5.29. The third-order valence-corrected chi connectivity index (χ3v) is 3.13. The van der Waals surface area contributed by atoms with Crippen LogP contribution in [-0.2, 0) is 17.5 Å². The molecule has 0 unspecified atom stereocenters. The third-order valence-electron chi connectivity index (χ3n) is 3.13. The van der Waals surface area contributed by atoms with Crippen LogP contribution in [0.3, 0.4) is 0 Å². The van der Waals surface area contributed by atoms with Gasteiger partial charge in [0.05, 0.1) is 5.56 Å². The summed E-state index contributed by atoms with van der Waals surface area (Å²) in [6, 6.07) is 5.95. The van der Waals surface area contributed by atoms with E-state index in [2.05, 4.69) is 5.32 Å². The molecule has 1 N–H and O–H groups in total. The summed E-state index contributed by atoms with van der Waals surface area (Å²) in [6.45, 7) is 1.61. The topological polar surface area (TPSA) is 21.3 Å². The molecule has 1 saturated heterocycles. The fraction of sp³-hybridized carbons (Fsp3) is 0.538. The van der Waals surface area contributed by atoms with Crippen molar-refractivity contribution >= 4 is 0 Å². The van der Waals surface area contributed by atoms with Gasteiger partial charge in [0, 0.05) is 25.8 Å². The average molecular weight is 259 g/mol. The molecule has 0 radical (unpaired) electrons. The molecular weight excluding hydrogens is 243 g/mol. The fourth-order valence-electron chi connectivity index (χ4n) is 2.11. The maximum Gasteiger partial charge on any atom is 0.416 e. The van der Waals surface area contributed by atoms with Gasteiger partial charge in [0.2, 0.25) is 0 Å². The first kappa shape index (κ1) is 13.4. The molecule has 0 aromatic heterocycles. The molecule has 1 aliphatic rings. The number of halogens is 3. The molecule has 100 valence electrons. The summed E-state index contributed by atoms with van der Waals surface area (Å²) in [4.78, 5) is 0. The summed E-state index contributed by atoms with van der Waals surface area (Å²) in [6.07, 6.45) is -2.57. The SMILES string of the molecule is FC(F)(F)c1ccccc1CNC1CCOCC1. The first-order valence-electron chi connectivity index (χ1n) is 6.03. The van der Waals surface area contributed by atoms with E-state index < -0.39 is 11.7 Å². The molecule has 0 spiro atoms. The van der Waals surface area contributed by atoms with Crippen molar-refractivity contribution in [3.63, 3.8) is 0 Å². The maximum atomic E-state index is 12.8. The molecule has 2 nitrogen and oxygen atoms in total. The highest BCUT2D eigenvalue weighted by Crippen LogP contribution is 2.31. The second kappa shape index (κ2) is 5.71. The van der Waals surface area contributed by atoms with E-state index in [1.54, 1.807) is 6.07 Å². The molecule has 1 aromatic rings. The lowest BCUT2D eigenvalue weighted by Crippen LogP contribution is -2.34. The van der Waals surface area contributed by atoms with Crippen LogP contribution in [0.2, 0.25) is 0 Å². The Morgan fingerprint density at radius 3 is 2.50 bits per heavy atom. The Morgan fingerprint density at radius 2 is 1.83 bits per heavy atom. The van der Waals surface area contributed by atoms with Crippen LogP contribution < -0.4 is 5.32 Å². The lowest BCUT2D eigenvalue weighted by atomic mass is 10.1. The Morgan fingerprint density at radius 1 is 1.17 bits per heavy atom. The van der Waals surface area contributed by atoms with E-state index in [0.717, 1.165) is 18.9 Å². The lowest BCUT2D eigenvalue weighted by Gasteiger charge is -2.24. The van der Waals surface area contributed by atoms with Crippen molar-refractivity contribution in [2.75, 3.05) is 13.2 Å². The predicted molar refractivity (Wildman–Crippen MR) is 62.1 cm³/mol. The van der Waals surface area contributed by atoms with Crippen molar-refractivity contribution in [1.29, 1.82) is 0 Å². The van der Waals surface area contributed by atoms with E-state index in [1.807, 2.05) is 0 Å². The minimum absolute atomic E-state index is 0.250. The summed E-state index contributed by atoms with van der Waals surface area (Å²) in [7, 11) is 0. The van der Waals surface area contributed by atoms with Gasteiger partial charge >= 0.3 is 6.18 Å². The predicted octanol–water partition coefficient (Wildman–Crippen LogP) is 2.97. The van der Waals surface area contributed by atoms with Gasteiger partial charge in [-0.1, -0.05) is 18.2 Å². The lowest BCUT2D eigenvalue weighted by molar-refractivity contribution is -0.138. The van der Waals surface area contributed by atoms with Crippen LogP contribution in [0.4, 0.5) is 13.2 Å². The fourth-order valence-corrected chi connectivity index (χ4v) is 2.11. The maximum absolute atomic E-state index is 12.8. The standard InChI is InChI=1S/C13H16F3NO/c14-13(15,16)12-4-2-1-3-10(12)9-17-11-5-7-18-8-6-11/h1-4,11,17H,5-9H2. The molecule has 0 atom stereocenters. The molecule has 5 heteroatoms. The van der Waals surface area contributed by atoms with Gasteiger partial charge in [-0.25, -0.2) is 0 Å². The minimum atomic E-state index is -4.28. The second-order valence-corrected chi connectivity index (χ2v) is 4.42. The highest BCUT2D eigenvalue weighted by Gasteiger charge is 2.32. The van der Waals surface area contributed by atoms with Gasteiger partial charge in [0.15, 0.2) is 0 Å². The Labute approximate surface area is 104 Å². The largest absolute Gasteiger partial charge is 0.416 e. The molecule has 2 rings (SSSR count). The van der Waals surface area contributed by atoms with Crippen molar-refractivity contribution in [3.05, 3.63) is 35.4 Å². The Hall–Kier alpha value is -1.07. The van der Waals surface area contributed by atoms with Gasteiger partial charge in [-0.2, -0.15) is 13.2 Å². The van der Waals surface area contributed by atoms with Gasteiger partial charge in [-0.15, -0.1) is 0 Å². The zero-order chi connectivity index (χ0) is 13.0. The summed E-state index contributed by atoms with van der Waals surface area (Å²) in [5, 5.41) is 3.17. The zero-order valence-corrected chi connectivity index (χ0v) is 9.96. The molecule has 0 bridgehead atoms. The average Bonchev–Trinajstić information content (AvgIpc) is 2.37. The van der Waals surface area contributed by atoms with E-state index in [1.165, 1.54) is 12.1 Å². The van der Waals surface area contributed by atoms with Crippen LogP contribution in [0, 0.1) is 0 Å². The van der Waals surface area contributed by atoms with Crippen LogP contribution in [0.15, 0.2) is 24.3 Å². The molecule has 1 aliphatic heterocycles. The second-order valence-electron chi connectivity index (χ2n) is 4.42. The Bertz CT molecular complexity index is 386. The summed E-state index contributed by atoms with van der Waals surface area (Å²) >= 11 is 0. The molecule has 0 saturated carbocycles. The summed E-state index contributed by atoms with van der Waals surface area (Å²) < 4.78 is 43.5. The molecule has 0 aliphatic carbocycles. The van der Waals surface area contributed by atoms with Gasteiger partial charge < -0.3 is 10.1 Å². The third kappa shape index (κ3) is 3.46. The minimum Gasteiger partial charge on any atom is -0.381 e. The number of rotatable bonds is 3. The number of benzene rings is 1. The van der Waals surface area contributed by atoms with E-state index in [0.29, 0.717) is 18.8 Å². The van der Waals surface area contributed by atoms with Crippen molar-refractivity contribution < 1.29 is 17.9 Å². The number of alkyl halides is 3. The Balaban J connectivity index is 2.00.